The normalized spacial score (nSPS) is 15.2. The number of nitrogens with zero attached hydrogens (tertiary/aromatic N) is 6. The molecule has 4 aromatic heterocycles. The van der Waals surface area contributed by atoms with Gasteiger partial charge in [0, 0.05) is 43.6 Å². The number of amides is 2. The summed E-state index contributed by atoms with van der Waals surface area (Å²) in [5, 5.41) is 14.6. The number of hydrogen-bond donors (Lipinski definition) is 2. The van der Waals surface area contributed by atoms with Gasteiger partial charge < -0.3 is 15.4 Å². The average Bonchev–Trinajstić information content (AvgIpc) is 3.67. The largest absolute Gasteiger partial charge is 0.383 e. The Morgan fingerprint density at radius 3 is 2.74 bits per heavy atom. The van der Waals surface area contributed by atoms with Gasteiger partial charge in [-0.25, -0.2) is 4.52 Å². The molecule has 0 radical (unpaired) electrons. The topological polar surface area (TPSA) is 119 Å². The number of aryl methyl sites for hydroxylation is 1. The summed E-state index contributed by atoms with van der Waals surface area (Å²) in [5.74, 6) is -0.366. The third-order valence-corrected chi connectivity index (χ3v) is 8.34. The summed E-state index contributed by atoms with van der Waals surface area (Å²) in [7, 11) is 1.66. The molecule has 11 nitrogen and oxygen atoms in total. The van der Waals surface area contributed by atoms with Crippen LogP contribution >= 0.6 is 11.3 Å². The smallest absolute Gasteiger partial charge is 0.260 e. The van der Waals surface area contributed by atoms with E-state index in [0.717, 1.165) is 41.2 Å². The number of carbonyl (C=O) groups excluding carboxylic acids is 2. The molecule has 1 saturated heterocycles. The molecule has 2 amide bonds. The Labute approximate surface area is 231 Å². The summed E-state index contributed by atoms with van der Waals surface area (Å²) >= 11 is 1.47. The molecule has 0 aromatic carbocycles. The van der Waals surface area contributed by atoms with Gasteiger partial charge in [-0.2, -0.15) is 10.2 Å². The number of methoxy groups -OCH3 is 1. The third-order valence-electron chi connectivity index (χ3n) is 7.18. The zero-order valence-electron chi connectivity index (χ0n) is 22.7. The highest BCUT2D eigenvalue weighted by molar-refractivity contribution is 7.21. The van der Waals surface area contributed by atoms with Crippen molar-refractivity contribution in [2.45, 2.75) is 52.1 Å². The predicted molar refractivity (Wildman–Crippen MR) is 151 cm³/mol. The van der Waals surface area contributed by atoms with Crippen molar-refractivity contribution in [1.29, 1.82) is 0 Å². The number of fused-ring (bicyclic) bond motifs is 1. The van der Waals surface area contributed by atoms with Gasteiger partial charge >= 0.3 is 0 Å². The lowest BCUT2D eigenvalue weighted by Crippen LogP contribution is -2.39. The standard InChI is InChI=1S/C27H34N8O3S/c1-18-22(12-20(14-28-18)31-24(36)6-9-33-8-5-7-27(33,2)3)32-25(37)21-15-30-35-17-23(39-26(21)35)19-13-29-34(16-19)10-11-38-4/h12-17H,5-11H2,1-4H3,(H,31,36)(H,32,37). The first kappa shape index (κ1) is 27.0. The fraction of sp³-hybridized carbons (Fsp3) is 0.444. The van der Waals surface area contributed by atoms with Gasteiger partial charge in [0.25, 0.3) is 5.91 Å². The van der Waals surface area contributed by atoms with Gasteiger partial charge in [-0.1, -0.05) is 0 Å². The van der Waals surface area contributed by atoms with E-state index in [-0.39, 0.29) is 17.4 Å². The minimum absolute atomic E-state index is 0.0735. The van der Waals surface area contributed by atoms with Crippen LogP contribution in [0.25, 0.3) is 15.3 Å². The molecular weight excluding hydrogens is 516 g/mol. The summed E-state index contributed by atoms with van der Waals surface area (Å²) in [6, 6.07) is 1.74. The quantitative estimate of drug-likeness (QED) is 0.306. The Morgan fingerprint density at radius 1 is 1.13 bits per heavy atom. The van der Waals surface area contributed by atoms with Gasteiger partial charge in [-0.3, -0.25) is 24.2 Å². The van der Waals surface area contributed by atoms with Crippen LogP contribution in [0.15, 0.2) is 37.1 Å². The molecule has 5 heterocycles. The molecule has 2 N–H and O–H groups in total. The molecular formula is C27H34N8O3S. The van der Waals surface area contributed by atoms with Crippen molar-refractivity contribution in [2.75, 3.05) is 37.4 Å². The Bertz CT molecular complexity index is 1490. The maximum Gasteiger partial charge on any atom is 0.260 e. The van der Waals surface area contributed by atoms with E-state index < -0.39 is 0 Å². The van der Waals surface area contributed by atoms with Crippen molar-refractivity contribution in [3.8, 4) is 10.4 Å². The minimum atomic E-state index is -0.293. The molecule has 4 aromatic rings. The van der Waals surface area contributed by atoms with E-state index in [1.165, 1.54) is 11.3 Å². The number of anilines is 2. The summed E-state index contributed by atoms with van der Waals surface area (Å²) in [5.41, 5.74) is 3.28. The van der Waals surface area contributed by atoms with Crippen molar-refractivity contribution >= 4 is 39.4 Å². The van der Waals surface area contributed by atoms with Crippen LogP contribution in [0.2, 0.25) is 0 Å². The monoisotopic (exact) mass is 550 g/mol. The molecule has 12 heteroatoms. The van der Waals surface area contributed by atoms with Crippen LogP contribution in [-0.2, 0) is 16.1 Å². The highest BCUT2D eigenvalue weighted by Gasteiger charge is 2.31. The lowest BCUT2D eigenvalue weighted by atomic mass is 10.0. The molecule has 0 spiro atoms. The first-order chi connectivity index (χ1) is 18.7. The zero-order chi connectivity index (χ0) is 27.6. The number of thiazole rings is 1. The van der Waals surface area contributed by atoms with Crippen LogP contribution in [0, 0.1) is 6.92 Å². The van der Waals surface area contributed by atoms with E-state index in [4.69, 9.17) is 4.74 Å². The second-order valence-electron chi connectivity index (χ2n) is 10.4. The van der Waals surface area contributed by atoms with Crippen LogP contribution in [0.3, 0.4) is 0 Å². The highest BCUT2D eigenvalue weighted by atomic mass is 32.1. The number of rotatable bonds is 10. The zero-order valence-corrected chi connectivity index (χ0v) is 23.5. The Morgan fingerprint density at radius 2 is 1.97 bits per heavy atom. The molecule has 0 unspecified atom stereocenters. The first-order valence-corrected chi connectivity index (χ1v) is 13.9. The second-order valence-corrected chi connectivity index (χ2v) is 11.4. The van der Waals surface area contributed by atoms with Crippen LogP contribution in [0.5, 0.6) is 0 Å². The van der Waals surface area contributed by atoms with E-state index in [2.05, 4.69) is 44.6 Å². The second kappa shape index (κ2) is 11.2. The third kappa shape index (κ3) is 6.02. The number of nitrogens with one attached hydrogen (secondary N) is 2. The lowest BCUT2D eigenvalue weighted by Gasteiger charge is -2.31. The maximum absolute atomic E-state index is 13.2. The predicted octanol–water partition coefficient (Wildman–Crippen LogP) is 4.06. The van der Waals surface area contributed by atoms with Crippen LogP contribution < -0.4 is 10.6 Å². The molecule has 0 bridgehead atoms. The van der Waals surface area contributed by atoms with E-state index in [1.807, 2.05) is 24.0 Å². The van der Waals surface area contributed by atoms with E-state index in [0.29, 0.717) is 42.2 Å². The van der Waals surface area contributed by atoms with Gasteiger partial charge in [0.1, 0.15) is 4.83 Å². The molecule has 0 atom stereocenters. The first-order valence-electron chi connectivity index (χ1n) is 13.1. The van der Waals surface area contributed by atoms with Gasteiger partial charge in [0.2, 0.25) is 5.91 Å². The van der Waals surface area contributed by atoms with Gasteiger partial charge in [-0.15, -0.1) is 11.3 Å². The SMILES string of the molecule is COCCn1cc(-c2cn3ncc(C(=O)Nc4cc(NC(=O)CCN5CCCC5(C)C)cnc4C)c3s2)cn1. The van der Waals surface area contributed by atoms with E-state index in [1.54, 1.807) is 36.3 Å². The molecule has 0 aliphatic carbocycles. The molecule has 0 saturated carbocycles. The number of hydrogen-bond acceptors (Lipinski definition) is 8. The van der Waals surface area contributed by atoms with Gasteiger partial charge in [0.05, 0.1) is 59.3 Å². The fourth-order valence-electron chi connectivity index (χ4n) is 4.83. The molecule has 5 rings (SSSR count). The molecule has 206 valence electrons. The molecule has 1 aliphatic heterocycles. The number of carbonyl (C=O) groups is 2. The number of likely N-dealkylation sites (tertiary alicyclic amines) is 1. The van der Waals surface area contributed by atoms with Crippen LogP contribution in [0.1, 0.15) is 49.2 Å². The van der Waals surface area contributed by atoms with E-state index >= 15 is 0 Å². The Kier molecular flexibility index (Phi) is 7.78. The van der Waals surface area contributed by atoms with Gasteiger partial charge in [0.15, 0.2) is 0 Å². The highest BCUT2D eigenvalue weighted by Crippen LogP contribution is 2.31. The summed E-state index contributed by atoms with van der Waals surface area (Å²) in [6.07, 6.45) is 11.5. The number of aromatic nitrogens is 5. The fourth-order valence-corrected chi connectivity index (χ4v) is 5.86. The minimum Gasteiger partial charge on any atom is -0.383 e. The Hall–Kier alpha value is -3.61. The van der Waals surface area contributed by atoms with Gasteiger partial charge in [-0.05, 0) is 46.2 Å². The van der Waals surface area contributed by atoms with Crippen LogP contribution in [0.4, 0.5) is 11.4 Å². The van der Waals surface area contributed by atoms with E-state index in [9.17, 15) is 9.59 Å². The number of ether oxygens (including phenoxy) is 1. The van der Waals surface area contributed by atoms with Crippen LogP contribution in [-0.4, -0.2) is 73.4 Å². The number of pyridine rings is 1. The van der Waals surface area contributed by atoms with Crippen molar-refractivity contribution < 1.29 is 14.3 Å². The molecule has 39 heavy (non-hydrogen) atoms. The van der Waals surface area contributed by atoms with Crippen molar-refractivity contribution in [3.05, 3.63) is 48.3 Å². The van der Waals surface area contributed by atoms with Crippen molar-refractivity contribution in [3.63, 3.8) is 0 Å². The molecule has 1 aliphatic rings. The molecule has 1 fully saturated rings. The van der Waals surface area contributed by atoms with Crippen molar-refractivity contribution in [2.24, 2.45) is 0 Å². The Balaban J connectivity index is 1.25. The summed E-state index contributed by atoms with van der Waals surface area (Å²) in [4.78, 5) is 34.3. The van der Waals surface area contributed by atoms with Crippen molar-refractivity contribution in [1.82, 2.24) is 29.3 Å². The summed E-state index contributed by atoms with van der Waals surface area (Å²) in [6.45, 7) is 9.24. The lowest BCUT2D eigenvalue weighted by molar-refractivity contribution is -0.116. The average molecular weight is 551 g/mol. The summed E-state index contributed by atoms with van der Waals surface area (Å²) < 4.78 is 8.64. The maximum atomic E-state index is 13.2.